The Balaban J connectivity index is 2.04. The summed E-state index contributed by atoms with van der Waals surface area (Å²) in [6.07, 6.45) is 0. The van der Waals surface area contributed by atoms with Gasteiger partial charge in [0.1, 0.15) is 0 Å². The van der Waals surface area contributed by atoms with Gasteiger partial charge < -0.3 is 0 Å². The third-order valence-corrected chi connectivity index (χ3v) is 9.33. The van der Waals surface area contributed by atoms with Crippen LogP contribution >= 0.6 is 0 Å². The van der Waals surface area contributed by atoms with Crippen LogP contribution in [0.3, 0.4) is 0 Å². The van der Waals surface area contributed by atoms with Crippen molar-refractivity contribution in [3.8, 4) is 0 Å². The zero-order valence-corrected chi connectivity index (χ0v) is 12.9. The number of hydrogen-bond donors (Lipinski definition) is 0. The Hall–Kier alpha value is -1.54. The molecule has 3 aromatic rings. The van der Waals surface area contributed by atoms with E-state index in [2.05, 4.69) is 78.6 Å². The third kappa shape index (κ3) is 2.21. The maximum atomic E-state index is 2.45. The second-order valence-corrected chi connectivity index (χ2v) is 10.6. The summed E-state index contributed by atoms with van der Waals surface area (Å²) in [5.74, 6) is 2.45. The summed E-state index contributed by atoms with van der Waals surface area (Å²) in [6.45, 7) is 0. The molecule has 0 saturated heterocycles. The molecule has 0 aliphatic rings. The van der Waals surface area contributed by atoms with E-state index in [4.69, 9.17) is 0 Å². The van der Waals surface area contributed by atoms with Crippen LogP contribution in [0, 0.1) is 0 Å². The molecule has 0 aliphatic carbocycles. The monoisotopic (exact) mass is 294 g/mol. The SMILES string of the molecule is [CH3][GeH]([c]1ccccc1)[c]1ccc2ccccc2c1. The predicted octanol–water partition coefficient (Wildman–Crippen LogP) is 2.81. The Kier molecular flexibility index (Phi) is 3.20. The van der Waals surface area contributed by atoms with E-state index in [1.54, 1.807) is 8.79 Å². The van der Waals surface area contributed by atoms with E-state index in [0.29, 0.717) is 0 Å². The van der Waals surface area contributed by atoms with Crippen LogP contribution in [0.15, 0.2) is 72.8 Å². The van der Waals surface area contributed by atoms with E-state index < -0.39 is 14.3 Å². The van der Waals surface area contributed by atoms with Crippen molar-refractivity contribution in [2.45, 2.75) is 5.76 Å². The van der Waals surface area contributed by atoms with Gasteiger partial charge in [-0.05, 0) is 0 Å². The van der Waals surface area contributed by atoms with Crippen LogP contribution < -0.4 is 8.79 Å². The molecule has 0 fully saturated rings. The standard InChI is InChI=1S/C17H16Ge/c1-18(16-9-3-2-4-10-16)17-12-11-14-7-5-6-8-15(14)13-17/h2-13,18H,1H3. The average Bonchev–Trinajstić information content (AvgIpc) is 2.47. The molecule has 0 N–H and O–H groups in total. The molecule has 0 spiro atoms. The van der Waals surface area contributed by atoms with Crippen molar-refractivity contribution in [1.29, 1.82) is 0 Å². The zero-order valence-electron chi connectivity index (χ0n) is 10.5. The van der Waals surface area contributed by atoms with Gasteiger partial charge >= 0.3 is 112 Å². The first kappa shape index (κ1) is 11.5. The van der Waals surface area contributed by atoms with Gasteiger partial charge in [-0.2, -0.15) is 0 Å². The van der Waals surface area contributed by atoms with Gasteiger partial charge in [-0.25, -0.2) is 0 Å². The van der Waals surface area contributed by atoms with Crippen molar-refractivity contribution in [2.75, 3.05) is 0 Å². The molecule has 0 radical (unpaired) electrons. The second-order valence-electron chi connectivity index (χ2n) is 4.74. The summed E-state index contributed by atoms with van der Waals surface area (Å²) < 4.78 is 3.12. The fraction of sp³-hybridized carbons (Fsp3) is 0.0588. The molecule has 1 atom stereocenters. The van der Waals surface area contributed by atoms with E-state index in [0.717, 1.165) is 0 Å². The Morgan fingerprint density at radius 1 is 0.611 bits per heavy atom. The molecule has 0 aromatic heterocycles. The van der Waals surface area contributed by atoms with Crippen LogP contribution in [0.5, 0.6) is 0 Å². The summed E-state index contributed by atoms with van der Waals surface area (Å²) in [7, 11) is 0. The minimum absolute atomic E-state index is 1.34. The van der Waals surface area contributed by atoms with Crippen molar-refractivity contribution in [1.82, 2.24) is 0 Å². The van der Waals surface area contributed by atoms with Gasteiger partial charge in [-0.3, -0.25) is 0 Å². The topological polar surface area (TPSA) is 0 Å². The molecule has 0 aliphatic heterocycles. The molecule has 1 unspecified atom stereocenters. The quantitative estimate of drug-likeness (QED) is 0.637. The van der Waals surface area contributed by atoms with Gasteiger partial charge in [0.15, 0.2) is 0 Å². The van der Waals surface area contributed by atoms with Crippen molar-refractivity contribution >= 4 is 33.9 Å². The van der Waals surface area contributed by atoms with Crippen molar-refractivity contribution < 1.29 is 0 Å². The Labute approximate surface area is 112 Å². The van der Waals surface area contributed by atoms with Gasteiger partial charge in [0.05, 0.1) is 0 Å². The molecule has 0 bridgehead atoms. The minimum atomic E-state index is -1.54. The van der Waals surface area contributed by atoms with Crippen LogP contribution in [-0.2, 0) is 0 Å². The fourth-order valence-corrected chi connectivity index (χ4v) is 6.61. The van der Waals surface area contributed by atoms with E-state index in [-0.39, 0.29) is 0 Å². The predicted molar refractivity (Wildman–Crippen MR) is 82.7 cm³/mol. The first-order valence-electron chi connectivity index (χ1n) is 6.38. The molecule has 3 rings (SSSR count). The Morgan fingerprint density at radius 3 is 2.06 bits per heavy atom. The Bertz CT molecular complexity index is 659. The number of fused-ring (bicyclic) bond motifs is 1. The summed E-state index contributed by atoms with van der Waals surface area (Å²) in [6, 6.07) is 26.5. The summed E-state index contributed by atoms with van der Waals surface area (Å²) in [5, 5.41) is 2.70. The van der Waals surface area contributed by atoms with Gasteiger partial charge in [0.25, 0.3) is 0 Å². The molecular formula is C17H16Ge. The molecule has 0 amide bonds. The van der Waals surface area contributed by atoms with E-state index in [1.165, 1.54) is 10.8 Å². The van der Waals surface area contributed by atoms with Crippen LogP contribution in [-0.4, -0.2) is 14.3 Å². The van der Waals surface area contributed by atoms with Crippen LogP contribution in [0.1, 0.15) is 0 Å². The van der Waals surface area contributed by atoms with Gasteiger partial charge in [-0.15, -0.1) is 0 Å². The number of benzene rings is 3. The fourth-order valence-electron chi connectivity index (χ4n) is 2.41. The van der Waals surface area contributed by atoms with Crippen LogP contribution in [0.2, 0.25) is 5.76 Å². The Morgan fingerprint density at radius 2 is 1.28 bits per heavy atom. The molecule has 0 heterocycles. The van der Waals surface area contributed by atoms with Crippen molar-refractivity contribution in [3.63, 3.8) is 0 Å². The summed E-state index contributed by atoms with van der Waals surface area (Å²) >= 11 is -1.54. The summed E-state index contributed by atoms with van der Waals surface area (Å²) in [5.41, 5.74) is 0. The van der Waals surface area contributed by atoms with Gasteiger partial charge in [-0.1, -0.05) is 0 Å². The molecule has 88 valence electrons. The molecule has 0 nitrogen and oxygen atoms in total. The van der Waals surface area contributed by atoms with Crippen LogP contribution in [0.4, 0.5) is 0 Å². The average molecular weight is 293 g/mol. The normalized spacial score (nSPS) is 12.5. The second kappa shape index (κ2) is 4.99. The molecule has 3 aromatic carbocycles. The molecule has 0 saturated carbocycles. The molecular weight excluding hydrogens is 277 g/mol. The first-order valence-corrected chi connectivity index (χ1v) is 11.2. The zero-order chi connectivity index (χ0) is 12.4. The van der Waals surface area contributed by atoms with Gasteiger partial charge in [0.2, 0.25) is 0 Å². The first-order chi connectivity index (χ1) is 8.84. The molecule has 18 heavy (non-hydrogen) atoms. The molecule has 1 heteroatoms. The van der Waals surface area contributed by atoms with Crippen molar-refractivity contribution in [3.05, 3.63) is 72.8 Å². The van der Waals surface area contributed by atoms with E-state index >= 15 is 0 Å². The number of rotatable bonds is 2. The number of hydrogen-bond acceptors (Lipinski definition) is 0. The van der Waals surface area contributed by atoms with Crippen molar-refractivity contribution in [2.24, 2.45) is 0 Å². The third-order valence-electron chi connectivity index (χ3n) is 3.57. The van der Waals surface area contributed by atoms with E-state index in [9.17, 15) is 0 Å². The van der Waals surface area contributed by atoms with Crippen LogP contribution in [0.25, 0.3) is 10.8 Å². The maximum absolute atomic E-state index is 2.45. The summed E-state index contributed by atoms with van der Waals surface area (Å²) in [4.78, 5) is 0. The van der Waals surface area contributed by atoms with E-state index in [1.807, 2.05) is 0 Å². The van der Waals surface area contributed by atoms with Gasteiger partial charge in [0, 0.05) is 0 Å².